The zero-order valence-corrected chi connectivity index (χ0v) is 29.2. The van der Waals surface area contributed by atoms with Gasteiger partial charge in [-0.1, -0.05) is 140 Å². The highest BCUT2D eigenvalue weighted by Gasteiger charge is 2.19. The zero-order chi connectivity index (χ0) is 34.4. The lowest BCUT2D eigenvalue weighted by Crippen LogP contribution is -2.10. The van der Waals surface area contributed by atoms with Crippen molar-refractivity contribution >= 4 is 70.1 Å². The second-order valence-corrected chi connectivity index (χ2v) is 14.5. The van der Waals surface area contributed by atoms with Crippen molar-refractivity contribution < 1.29 is 0 Å². The van der Waals surface area contributed by atoms with Crippen molar-refractivity contribution in [2.75, 3.05) is 4.90 Å². The molecule has 1 aromatic heterocycles. The molecule has 0 bridgehead atoms. The van der Waals surface area contributed by atoms with Gasteiger partial charge in [0.2, 0.25) is 0 Å². The first-order valence-corrected chi connectivity index (χ1v) is 18.6. The van der Waals surface area contributed by atoms with E-state index >= 15 is 0 Å². The van der Waals surface area contributed by atoms with Gasteiger partial charge in [0.05, 0.1) is 5.69 Å². The number of anilines is 3. The monoisotopic (exact) mass is 679 g/mol. The maximum Gasteiger partial charge on any atom is 0.0554 e. The van der Waals surface area contributed by atoms with E-state index in [1.807, 2.05) is 11.3 Å². The first-order chi connectivity index (χ1) is 25.7. The fourth-order valence-corrected chi connectivity index (χ4v) is 8.75. The molecule has 0 N–H and O–H groups in total. The van der Waals surface area contributed by atoms with E-state index in [0.29, 0.717) is 0 Å². The molecule has 2 heteroatoms. The lowest BCUT2D eigenvalue weighted by atomic mass is 9.96. The molecule has 10 aromatic rings. The molecule has 0 unspecified atom stereocenters. The molecular formula is C50H33NS. The Morgan fingerprint density at radius 1 is 0.308 bits per heavy atom. The first-order valence-electron chi connectivity index (χ1n) is 17.7. The maximum absolute atomic E-state index is 2.44. The van der Waals surface area contributed by atoms with Crippen LogP contribution in [0.25, 0.3) is 75.1 Å². The minimum absolute atomic E-state index is 1.13. The van der Waals surface area contributed by atoms with E-state index in [1.165, 1.54) is 80.8 Å². The molecule has 0 aliphatic carbocycles. The van der Waals surface area contributed by atoms with E-state index in [4.69, 9.17) is 0 Å². The highest BCUT2D eigenvalue weighted by atomic mass is 32.1. The van der Waals surface area contributed by atoms with Gasteiger partial charge in [-0.2, -0.15) is 0 Å². The van der Waals surface area contributed by atoms with Crippen molar-refractivity contribution in [3.8, 4) is 33.4 Å². The molecule has 0 aliphatic heterocycles. The van der Waals surface area contributed by atoms with Crippen LogP contribution in [0.4, 0.5) is 17.1 Å². The van der Waals surface area contributed by atoms with E-state index in [0.717, 1.165) is 11.4 Å². The Hall–Kier alpha value is -6.48. The van der Waals surface area contributed by atoms with Gasteiger partial charge in [0.15, 0.2) is 0 Å². The summed E-state index contributed by atoms with van der Waals surface area (Å²) in [7, 11) is 0. The van der Waals surface area contributed by atoms with Crippen molar-refractivity contribution in [1.29, 1.82) is 0 Å². The van der Waals surface area contributed by atoms with Crippen molar-refractivity contribution in [3.05, 3.63) is 200 Å². The van der Waals surface area contributed by atoms with E-state index in [9.17, 15) is 0 Å². The van der Waals surface area contributed by atoms with E-state index < -0.39 is 0 Å². The fourth-order valence-electron chi connectivity index (χ4n) is 7.62. The Balaban J connectivity index is 1.12. The third-order valence-electron chi connectivity index (χ3n) is 10.2. The minimum Gasteiger partial charge on any atom is -0.310 e. The van der Waals surface area contributed by atoms with Gasteiger partial charge >= 0.3 is 0 Å². The predicted molar refractivity (Wildman–Crippen MR) is 225 cm³/mol. The molecule has 1 heterocycles. The molecule has 244 valence electrons. The summed E-state index contributed by atoms with van der Waals surface area (Å²) in [6.45, 7) is 0. The summed E-state index contributed by atoms with van der Waals surface area (Å²) in [4.78, 5) is 2.44. The van der Waals surface area contributed by atoms with Gasteiger partial charge < -0.3 is 4.90 Å². The lowest BCUT2D eigenvalue weighted by Gasteiger charge is -2.27. The van der Waals surface area contributed by atoms with Gasteiger partial charge in [-0.05, 0) is 116 Å². The van der Waals surface area contributed by atoms with Crippen molar-refractivity contribution in [2.45, 2.75) is 0 Å². The number of benzene rings is 9. The number of hydrogen-bond acceptors (Lipinski definition) is 2. The van der Waals surface area contributed by atoms with Crippen LogP contribution < -0.4 is 4.90 Å². The van der Waals surface area contributed by atoms with E-state index in [1.54, 1.807) is 0 Å². The van der Waals surface area contributed by atoms with Gasteiger partial charge in [-0.25, -0.2) is 0 Å². The molecule has 0 amide bonds. The first kappa shape index (κ1) is 30.4. The maximum atomic E-state index is 2.44. The molecule has 0 atom stereocenters. The third-order valence-corrected chi connectivity index (χ3v) is 11.3. The Labute approximate surface area is 307 Å². The molecule has 52 heavy (non-hydrogen) atoms. The molecule has 0 fully saturated rings. The van der Waals surface area contributed by atoms with Crippen LogP contribution >= 0.6 is 11.3 Å². The zero-order valence-electron chi connectivity index (χ0n) is 28.4. The predicted octanol–water partition coefficient (Wildman–Crippen LogP) is 14.8. The van der Waals surface area contributed by atoms with Crippen LogP contribution in [0, 0.1) is 0 Å². The SMILES string of the molecule is c1ccc(-c2cccc(N(c3ccc4ccc(-c5cccc(-c6ccc7ccccc7c6)c5)cc4c3)c3cccc4sc5ccccc5c34)c2)cc1. The normalized spacial score (nSPS) is 11.5. The van der Waals surface area contributed by atoms with Crippen LogP contribution in [0.5, 0.6) is 0 Å². The third kappa shape index (κ3) is 5.42. The lowest BCUT2D eigenvalue weighted by molar-refractivity contribution is 1.31. The number of rotatable bonds is 6. The highest BCUT2D eigenvalue weighted by Crippen LogP contribution is 2.46. The molecule has 1 nitrogen and oxygen atoms in total. The van der Waals surface area contributed by atoms with E-state index in [2.05, 4.69) is 205 Å². The Morgan fingerprint density at radius 3 is 1.69 bits per heavy atom. The minimum atomic E-state index is 1.13. The molecule has 0 spiro atoms. The molecule has 10 rings (SSSR count). The molecule has 0 radical (unpaired) electrons. The van der Waals surface area contributed by atoms with Crippen LogP contribution in [0.3, 0.4) is 0 Å². The summed E-state index contributed by atoms with van der Waals surface area (Å²) in [5, 5.41) is 7.52. The van der Waals surface area contributed by atoms with Gasteiger partial charge in [-0.3, -0.25) is 0 Å². The van der Waals surface area contributed by atoms with Crippen LogP contribution in [0.15, 0.2) is 200 Å². The van der Waals surface area contributed by atoms with Gasteiger partial charge in [0.25, 0.3) is 0 Å². The van der Waals surface area contributed by atoms with Gasteiger partial charge in [0, 0.05) is 31.5 Å². The quantitative estimate of drug-likeness (QED) is 0.169. The summed E-state index contributed by atoms with van der Waals surface area (Å²) in [5.74, 6) is 0. The average Bonchev–Trinajstić information content (AvgIpc) is 3.60. The summed E-state index contributed by atoms with van der Waals surface area (Å²) < 4.78 is 2.59. The van der Waals surface area contributed by atoms with Crippen LogP contribution in [0.2, 0.25) is 0 Å². The number of fused-ring (bicyclic) bond motifs is 5. The summed E-state index contributed by atoms with van der Waals surface area (Å²) in [6.07, 6.45) is 0. The fraction of sp³-hybridized carbons (Fsp3) is 0. The van der Waals surface area contributed by atoms with E-state index in [-0.39, 0.29) is 0 Å². The largest absolute Gasteiger partial charge is 0.310 e. The molecule has 9 aromatic carbocycles. The molecule has 0 saturated heterocycles. The summed E-state index contributed by atoms with van der Waals surface area (Å²) >= 11 is 1.86. The van der Waals surface area contributed by atoms with Crippen LogP contribution in [-0.4, -0.2) is 0 Å². The topological polar surface area (TPSA) is 3.24 Å². The second-order valence-electron chi connectivity index (χ2n) is 13.4. The number of thiophene rings is 1. The van der Waals surface area contributed by atoms with Crippen molar-refractivity contribution in [3.63, 3.8) is 0 Å². The number of nitrogens with zero attached hydrogens (tertiary/aromatic N) is 1. The Kier molecular flexibility index (Phi) is 7.41. The summed E-state index contributed by atoms with van der Waals surface area (Å²) in [5.41, 5.74) is 10.7. The standard InChI is InChI=1S/C50H33NS/c1-2-11-34(12-3-1)40-17-9-18-44(32-40)51(47-20-10-22-49-50(47)46-19-6-7-21-48(46)52-49)45-28-27-36-24-26-42(31-43(36)33-45)39-16-8-15-38(30-39)41-25-23-35-13-4-5-14-37(35)29-41/h1-33H. The van der Waals surface area contributed by atoms with Crippen LogP contribution in [0.1, 0.15) is 0 Å². The Bertz CT molecular complexity index is 2920. The van der Waals surface area contributed by atoms with Crippen molar-refractivity contribution in [2.24, 2.45) is 0 Å². The number of hydrogen-bond donors (Lipinski definition) is 0. The van der Waals surface area contributed by atoms with Gasteiger partial charge in [-0.15, -0.1) is 11.3 Å². The molecular weight excluding hydrogens is 647 g/mol. The molecule has 0 saturated carbocycles. The second kappa shape index (κ2) is 12.7. The Morgan fingerprint density at radius 2 is 0.865 bits per heavy atom. The van der Waals surface area contributed by atoms with Crippen molar-refractivity contribution in [1.82, 2.24) is 0 Å². The molecule has 0 aliphatic rings. The smallest absolute Gasteiger partial charge is 0.0554 e. The van der Waals surface area contributed by atoms with Gasteiger partial charge in [0.1, 0.15) is 0 Å². The van der Waals surface area contributed by atoms with Crippen LogP contribution in [-0.2, 0) is 0 Å². The highest BCUT2D eigenvalue weighted by molar-refractivity contribution is 7.26. The summed E-state index contributed by atoms with van der Waals surface area (Å²) in [6, 6.07) is 73.1. The average molecular weight is 680 g/mol.